The smallest absolute Gasteiger partial charge is 0.00926 e. The van der Waals surface area contributed by atoms with Crippen LogP contribution < -0.4 is 5.73 Å². The zero-order valence-electron chi connectivity index (χ0n) is 5.84. The molecule has 1 aliphatic carbocycles. The second-order valence-electron chi connectivity index (χ2n) is 2.87. The van der Waals surface area contributed by atoms with Gasteiger partial charge in [-0.05, 0) is 36.3 Å². The third kappa shape index (κ3) is 0.976. The maximum atomic E-state index is 5.82. The normalized spacial score (nSPS) is 24.3. The van der Waals surface area contributed by atoms with Crippen molar-refractivity contribution in [2.24, 2.45) is 5.73 Å². The minimum atomic E-state index is 0.422. The van der Waals surface area contributed by atoms with E-state index in [1.54, 1.807) is 0 Å². The van der Waals surface area contributed by atoms with Crippen molar-refractivity contribution in [3.05, 3.63) is 21.9 Å². The van der Waals surface area contributed by atoms with E-state index in [1.807, 2.05) is 11.3 Å². The number of rotatable bonds is 0. The van der Waals surface area contributed by atoms with Gasteiger partial charge in [-0.1, -0.05) is 0 Å². The molecule has 54 valence electrons. The molecule has 0 radical (unpaired) electrons. The van der Waals surface area contributed by atoms with Gasteiger partial charge in [0.25, 0.3) is 0 Å². The van der Waals surface area contributed by atoms with E-state index < -0.39 is 0 Å². The first-order valence-electron chi connectivity index (χ1n) is 3.67. The highest BCUT2D eigenvalue weighted by Gasteiger charge is 2.15. The Labute approximate surface area is 64.9 Å². The Hall–Kier alpha value is -0.340. The fraction of sp³-hybridized carbons (Fsp3) is 0.500. The van der Waals surface area contributed by atoms with Crippen LogP contribution in [0.25, 0.3) is 0 Å². The molecular formula is C8H11NS. The van der Waals surface area contributed by atoms with Gasteiger partial charge in [0.15, 0.2) is 0 Å². The molecule has 1 nitrogen and oxygen atoms in total. The molecule has 2 heteroatoms. The van der Waals surface area contributed by atoms with Crippen molar-refractivity contribution in [2.45, 2.75) is 25.3 Å². The van der Waals surface area contributed by atoms with Gasteiger partial charge in [-0.2, -0.15) is 0 Å². The van der Waals surface area contributed by atoms with Crippen molar-refractivity contribution >= 4 is 11.3 Å². The Morgan fingerprint density at radius 1 is 1.60 bits per heavy atom. The maximum absolute atomic E-state index is 5.82. The van der Waals surface area contributed by atoms with Crippen LogP contribution in [0.4, 0.5) is 0 Å². The maximum Gasteiger partial charge on any atom is 0.00926 e. The van der Waals surface area contributed by atoms with Crippen LogP contribution in [0.3, 0.4) is 0 Å². The molecule has 1 aromatic heterocycles. The van der Waals surface area contributed by atoms with Crippen molar-refractivity contribution in [2.75, 3.05) is 0 Å². The molecule has 1 aliphatic rings. The second-order valence-corrected chi connectivity index (χ2v) is 3.87. The lowest BCUT2D eigenvalue weighted by atomic mass is 9.96. The fourth-order valence-corrected chi connectivity index (χ4v) is 2.48. The summed E-state index contributed by atoms with van der Waals surface area (Å²) in [6, 6.07) is 2.65. The van der Waals surface area contributed by atoms with Crippen molar-refractivity contribution < 1.29 is 0 Å². The predicted octanol–water partition coefficient (Wildman–Crippen LogP) is 1.56. The van der Waals surface area contributed by atoms with Gasteiger partial charge >= 0.3 is 0 Å². The summed E-state index contributed by atoms with van der Waals surface area (Å²) in [7, 11) is 0. The standard InChI is InChI=1S/C8H11NS/c9-7-2-1-6-3-4-10-8(6)5-7/h3-4,7H,1-2,5,9H2/t7-/m1/s1. The van der Waals surface area contributed by atoms with Crippen molar-refractivity contribution in [3.63, 3.8) is 0 Å². The topological polar surface area (TPSA) is 26.0 Å². The van der Waals surface area contributed by atoms with Crippen LogP contribution in [-0.2, 0) is 12.8 Å². The molecule has 1 aromatic rings. The van der Waals surface area contributed by atoms with Crippen LogP contribution in [0.2, 0.25) is 0 Å². The Kier molecular flexibility index (Phi) is 1.51. The molecule has 0 aliphatic heterocycles. The number of fused-ring (bicyclic) bond motifs is 1. The first-order chi connectivity index (χ1) is 4.86. The third-order valence-electron chi connectivity index (χ3n) is 2.07. The highest BCUT2D eigenvalue weighted by atomic mass is 32.1. The molecule has 0 unspecified atom stereocenters. The van der Waals surface area contributed by atoms with Gasteiger partial charge in [0.1, 0.15) is 0 Å². The molecule has 10 heavy (non-hydrogen) atoms. The van der Waals surface area contributed by atoms with E-state index in [4.69, 9.17) is 5.73 Å². The van der Waals surface area contributed by atoms with Crippen molar-refractivity contribution in [1.29, 1.82) is 0 Å². The molecule has 2 N–H and O–H groups in total. The molecule has 0 spiro atoms. The summed E-state index contributed by atoms with van der Waals surface area (Å²) in [4.78, 5) is 1.51. The lowest BCUT2D eigenvalue weighted by Gasteiger charge is -2.17. The van der Waals surface area contributed by atoms with Crippen LogP contribution in [-0.4, -0.2) is 6.04 Å². The van der Waals surface area contributed by atoms with Crippen LogP contribution in [0.5, 0.6) is 0 Å². The van der Waals surface area contributed by atoms with Gasteiger partial charge in [0, 0.05) is 10.9 Å². The number of aryl methyl sites for hydroxylation is 1. The summed E-state index contributed by atoms with van der Waals surface area (Å²) in [6.45, 7) is 0. The van der Waals surface area contributed by atoms with Gasteiger partial charge in [0.05, 0.1) is 0 Å². The molecule has 0 saturated heterocycles. The Morgan fingerprint density at radius 3 is 3.40 bits per heavy atom. The Bertz CT molecular complexity index is 229. The van der Waals surface area contributed by atoms with Crippen LogP contribution in [0, 0.1) is 0 Å². The minimum absolute atomic E-state index is 0.422. The molecular weight excluding hydrogens is 142 g/mol. The molecule has 0 fully saturated rings. The average molecular weight is 153 g/mol. The van der Waals surface area contributed by atoms with Crippen molar-refractivity contribution in [1.82, 2.24) is 0 Å². The summed E-state index contributed by atoms with van der Waals surface area (Å²) in [5.74, 6) is 0. The monoisotopic (exact) mass is 153 g/mol. The van der Waals surface area contributed by atoms with E-state index in [1.165, 1.54) is 23.3 Å². The zero-order valence-corrected chi connectivity index (χ0v) is 6.66. The van der Waals surface area contributed by atoms with E-state index in [2.05, 4.69) is 11.4 Å². The zero-order chi connectivity index (χ0) is 6.97. The van der Waals surface area contributed by atoms with E-state index >= 15 is 0 Å². The molecule has 2 rings (SSSR count). The quantitative estimate of drug-likeness (QED) is 0.601. The van der Waals surface area contributed by atoms with Crippen LogP contribution >= 0.6 is 11.3 Å². The SMILES string of the molecule is N[C@@H]1CCc2ccsc2C1. The Morgan fingerprint density at radius 2 is 2.50 bits per heavy atom. The van der Waals surface area contributed by atoms with Gasteiger partial charge in [-0.25, -0.2) is 0 Å². The lowest BCUT2D eigenvalue weighted by molar-refractivity contribution is 0.584. The van der Waals surface area contributed by atoms with Gasteiger partial charge in [-0.3, -0.25) is 0 Å². The number of thiophene rings is 1. The molecule has 1 atom stereocenters. The summed E-state index contributed by atoms with van der Waals surface area (Å²) in [6.07, 6.45) is 3.47. The second kappa shape index (κ2) is 2.36. The fourth-order valence-electron chi connectivity index (χ4n) is 1.45. The number of hydrogen-bond acceptors (Lipinski definition) is 2. The van der Waals surface area contributed by atoms with Crippen LogP contribution in [0.1, 0.15) is 16.9 Å². The summed E-state index contributed by atoms with van der Waals surface area (Å²) >= 11 is 1.85. The first-order valence-corrected chi connectivity index (χ1v) is 4.55. The summed E-state index contributed by atoms with van der Waals surface area (Å²) in [5.41, 5.74) is 7.35. The lowest BCUT2D eigenvalue weighted by Crippen LogP contribution is -2.26. The first kappa shape index (κ1) is 6.38. The summed E-state index contributed by atoms with van der Waals surface area (Å²) in [5, 5.41) is 2.17. The van der Waals surface area contributed by atoms with Gasteiger partial charge < -0.3 is 5.73 Å². The predicted molar refractivity (Wildman–Crippen MR) is 44.3 cm³/mol. The van der Waals surface area contributed by atoms with E-state index in [-0.39, 0.29) is 0 Å². The molecule has 0 amide bonds. The van der Waals surface area contributed by atoms with Gasteiger partial charge in [-0.15, -0.1) is 11.3 Å². The molecule has 0 aromatic carbocycles. The molecule has 0 bridgehead atoms. The van der Waals surface area contributed by atoms with Crippen molar-refractivity contribution in [3.8, 4) is 0 Å². The highest BCUT2D eigenvalue weighted by molar-refractivity contribution is 7.10. The third-order valence-corrected chi connectivity index (χ3v) is 3.06. The van der Waals surface area contributed by atoms with E-state index in [9.17, 15) is 0 Å². The Balaban J connectivity index is 2.30. The van der Waals surface area contributed by atoms with Crippen LogP contribution in [0.15, 0.2) is 11.4 Å². The minimum Gasteiger partial charge on any atom is -0.327 e. The largest absolute Gasteiger partial charge is 0.327 e. The number of nitrogens with two attached hydrogens (primary N) is 1. The van der Waals surface area contributed by atoms with Gasteiger partial charge in [0.2, 0.25) is 0 Å². The van der Waals surface area contributed by atoms with E-state index in [0.29, 0.717) is 6.04 Å². The van der Waals surface area contributed by atoms with E-state index in [0.717, 1.165) is 6.42 Å². The highest BCUT2D eigenvalue weighted by Crippen LogP contribution is 2.24. The molecule has 1 heterocycles. The molecule has 0 saturated carbocycles. The summed E-state index contributed by atoms with van der Waals surface area (Å²) < 4.78 is 0. The number of hydrogen-bond donors (Lipinski definition) is 1. The average Bonchev–Trinajstić information content (AvgIpc) is 2.33.